The van der Waals surface area contributed by atoms with E-state index in [0.29, 0.717) is 18.0 Å². The van der Waals surface area contributed by atoms with Crippen molar-refractivity contribution in [3.05, 3.63) is 99.5 Å². The SMILES string of the molecule is CC(C)NC(=O)[C@H](Cc1ccccc1)N(Cc1cccc(Br)c1)C(=O)CSc1ccc(Cl)cc1. The first-order valence-corrected chi connectivity index (χ1v) is 13.2. The van der Waals surface area contributed by atoms with Gasteiger partial charge in [-0.2, -0.15) is 0 Å². The van der Waals surface area contributed by atoms with Gasteiger partial charge in [-0.05, 0) is 61.4 Å². The lowest BCUT2D eigenvalue weighted by atomic mass is 10.0. The Balaban J connectivity index is 1.90. The Morgan fingerprint density at radius 3 is 2.29 bits per heavy atom. The maximum atomic E-state index is 13.6. The Morgan fingerprint density at radius 1 is 0.971 bits per heavy atom. The molecule has 34 heavy (non-hydrogen) atoms. The van der Waals surface area contributed by atoms with E-state index in [4.69, 9.17) is 11.6 Å². The zero-order valence-corrected chi connectivity index (χ0v) is 22.4. The number of hydrogen-bond acceptors (Lipinski definition) is 3. The number of hydrogen-bond donors (Lipinski definition) is 1. The molecule has 3 rings (SSSR count). The number of rotatable bonds is 10. The third-order valence-corrected chi connectivity index (χ3v) is 6.86. The van der Waals surface area contributed by atoms with Crippen molar-refractivity contribution in [3.8, 4) is 0 Å². The van der Waals surface area contributed by atoms with Crippen LogP contribution < -0.4 is 5.32 Å². The van der Waals surface area contributed by atoms with Crippen LogP contribution in [-0.2, 0) is 22.6 Å². The fourth-order valence-electron chi connectivity index (χ4n) is 3.53. The second-order valence-corrected chi connectivity index (χ2v) is 10.7. The highest BCUT2D eigenvalue weighted by Gasteiger charge is 2.30. The molecule has 1 N–H and O–H groups in total. The molecular weight excluding hydrogens is 532 g/mol. The average Bonchev–Trinajstić information content (AvgIpc) is 2.81. The van der Waals surface area contributed by atoms with Gasteiger partial charge < -0.3 is 10.2 Å². The normalized spacial score (nSPS) is 11.8. The van der Waals surface area contributed by atoms with E-state index in [2.05, 4.69) is 21.2 Å². The van der Waals surface area contributed by atoms with Crippen LogP contribution in [0.15, 0.2) is 88.2 Å². The molecule has 0 aromatic heterocycles. The quantitative estimate of drug-likeness (QED) is 0.294. The number of thioether (sulfide) groups is 1. The summed E-state index contributed by atoms with van der Waals surface area (Å²) in [5.74, 6) is -0.0333. The van der Waals surface area contributed by atoms with Crippen LogP contribution >= 0.6 is 39.3 Å². The minimum absolute atomic E-state index is 0.0305. The lowest BCUT2D eigenvalue weighted by Gasteiger charge is -2.32. The molecule has 0 radical (unpaired) electrons. The largest absolute Gasteiger partial charge is 0.352 e. The zero-order valence-electron chi connectivity index (χ0n) is 19.2. The molecular formula is C27H28BrClN2O2S. The van der Waals surface area contributed by atoms with Crippen LogP contribution in [0.5, 0.6) is 0 Å². The highest BCUT2D eigenvalue weighted by molar-refractivity contribution is 9.10. The molecule has 1 atom stereocenters. The van der Waals surface area contributed by atoms with Crippen LogP contribution in [-0.4, -0.2) is 34.6 Å². The van der Waals surface area contributed by atoms with Gasteiger partial charge >= 0.3 is 0 Å². The van der Waals surface area contributed by atoms with E-state index >= 15 is 0 Å². The third kappa shape index (κ3) is 8.19. The lowest BCUT2D eigenvalue weighted by Crippen LogP contribution is -2.52. The fourth-order valence-corrected chi connectivity index (χ4v) is 4.88. The van der Waals surface area contributed by atoms with Gasteiger partial charge in [0.1, 0.15) is 6.04 Å². The Bertz CT molecular complexity index is 1090. The third-order valence-electron chi connectivity index (χ3n) is 5.12. The minimum atomic E-state index is -0.637. The summed E-state index contributed by atoms with van der Waals surface area (Å²) in [4.78, 5) is 29.6. The average molecular weight is 560 g/mol. The second-order valence-electron chi connectivity index (χ2n) is 8.26. The molecule has 0 heterocycles. The molecule has 0 aliphatic carbocycles. The van der Waals surface area contributed by atoms with E-state index in [-0.39, 0.29) is 23.6 Å². The molecule has 0 saturated heterocycles. The van der Waals surface area contributed by atoms with Crippen LogP contribution in [0.2, 0.25) is 5.02 Å². The Kier molecular flexibility index (Phi) is 10.1. The monoisotopic (exact) mass is 558 g/mol. The van der Waals surface area contributed by atoms with Crippen molar-refractivity contribution >= 4 is 51.1 Å². The molecule has 0 bridgehead atoms. The number of nitrogens with one attached hydrogen (secondary N) is 1. The summed E-state index contributed by atoms with van der Waals surface area (Å²) < 4.78 is 0.930. The smallest absolute Gasteiger partial charge is 0.243 e. The first-order valence-electron chi connectivity index (χ1n) is 11.1. The van der Waals surface area contributed by atoms with Gasteiger partial charge in [-0.15, -0.1) is 11.8 Å². The molecule has 0 unspecified atom stereocenters. The van der Waals surface area contributed by atoms with Gasteiger partial charge in [0.2, 0.25) is 11.8 Å². The van der Waals surface area contributed by atoms with E-state index in [1.807, 2.05) is 92.7 Å². The molecule has 0 fully saturated rings. The van der Waals surface area contributed by atoms with Crippen LogP contribution in [0.1, 0.15) is 25.0 Å². The predicted octanol–water partition coefficient (Wildman–Crippen LogP) is 6.36. The van der Waals surface area contributed by atoms with Crippen molar-refractivity contribution in [3.63, 3.8) is 0 Å². The van der Waals surface area contributed by atoms with Crippen molar-refractivity contribution in [1.82, 2.24) is 10.2 Å². The van der Waals surface area contributed by atoms with Gasteiger partial charge in [0.05, 0.1) is 5.75 Å². The Morgan fingerprint density at radius 2 is 1.65 bits per heavy atom. The Hall–Kier alpha value is -2.28. The molecule has 0 spiro atoms. The lowest BCUT2D eigenvalue weighted by molar-refractivity contribution is -0.139. The first kappa shape index (κ1) is 26.3. The van der Waals surface area contributed by atoms with E-state index in [9.17, 15) is 9.59 Å². The number of amides is 2. The standard InChI is InChI=1S/C27H28BrClN2O2S/c1-19(2)30-27(33)25(16-20-7-4-3-5-8-20)31(17-21-9-6-10-22(28)15-21)26(32)18-34-24-13-11-23(29)12-14-24/h3-15,19,25H,16-18H2,1-2H3,(H,30,33)/t25-/m0/s1. The molecule has 0 aliphatic heterocycles. The summed E-state index contributed by atoms with van der Waals surface area (Å²) in [5.41, 5.74) is 1.96. The summed E-state index contributed by atoms with van der Waals surface area (Å²) in [5, 5.41) is 3.67. The van der Waals surface area contributed by atoms with Crippen LogP contribution in [0, 0.1) is 0 Å². The van der Waals surface area contributed by atoms with E-state index in [1.165, 1.54) is 11.8 Å². The van der Waals surface area contributed by atoms with E-state index in [1.54, 1.807) is 4.90 Å². The number of nitrogens with zero attached hydrogens (tertiary/aromatic N) is 1. The van der Waals surface area contributed by atoms with Gasteiger partial charge in [-0.3, -0.25) is 9.59 Å². The van der Waals surface area contributed by atoms with E-state index in [0.717, 1.165) is 20.5 Å². The van der Waals surface area contributed by atoms with Gasteiger partial charge in [0, 0.05) is 33.4 Å². The van der Waals surface area contributed by atoms with Gasteiger partial charge in [0.15, 0.2) is 0 Å². The van der Waals surface area contributed by atoms with Crippen molar-refractivity contribution in [2.45, 2.75) is 43.8 Å². The summed E-state index contributed by atoms with van der Waals surface area (Å²) in [6.45, 7) is 4.19. The highest BCUT2D eigenvalue weighted by atomic mass is 79.9. The van der Waals surface area contributed by atoms with Crippen molar-refractivity contribution in [1.29, 1.82) is 0 Å². The summed E-state index contributed by atoms with van der Waals surface area (Å²) in [7, 11) is 0. The number of halogens is 2. The van der Waals surface area contributed by atoms with Crippen LogP contribution in [0.4, 0.5) is 0 Å². The number of carbonyl (C=O) groups excluding carboxylic acids is 2. The fraction of sp³-hybridized carbons (Fsp3) is 0.259. The molecule has 3 aromatic rings. The maximum Gasteiger partial charge on any atom is 0.243 e. The van der Waals surface area contributed by atoms with Crippen LogP contribution in [0.25, 0.3) is 0 Å². The van der Waals surface area contributed by atoms with Gasteiger partial charge in [-0.25, -0.2) is 0 Å². The summed E-state index contributed by atoms with van der Waals surface area (Å²) >= 11 is 10.9. The first-order chi connectivity index (χ1) is 16.3. The highest BCUT2D eigenvalue weighted by Crippen LogP contribution is 2.23. The van der Waals surface area contributed by atoms with Crippen LogP contribution in [0.3, 0.4) is 0 Å². The van der Waals surface area contributed by atoms with E-state index < -0.39 is 6.04 Å². The molecule has 4 nitrogen and oxygen atoms in total. The zero-order chi connectivity index (χ0) is 24.5. The van der Waals surface area contributed by atoms with Crippen molar-refractivity contribution in [2.75, 3.05) is 5.75 Å². The van der Waals surface area contributed by atoms with Crippen molar-refractivity contribution < 1.29 is 9.59 Å². The topological polar surface area (TPSA) is 49.4 Å². The number of benzene rings is 3. The molecule has 178 valence electrons. The van der Waals surface area contributed by atoms with Gasteiger partial charge in [0.25, 0.3) is 0 Å². The van der Waals surface area contributed by atoms with Crippen molar-refractivity contribution in [2.24, 2.45) is 0 Å². The molecule has 7 heteroatoms. The summed E-state index contributed by atoms with van der Waals surface area (Å²) in [6.07, 6.45) is 0.435. The number of carbonyl (C=O) groups is 2. The minimum Gasteiger partial charge on any atom is -0.352 e. The maximum absolute atomic E-state index is 13.6. The Labute approximate surface area is 219 Å². The second kappa shape index (κ2) is 13.0. The predicted molar refractivity (Wildman–Crippen MR) is 144 cm³/mol. The molecule has 2 amide bonds. The molecule has 0 saturated carbocycles. The molecule has 3 aromatic carbocycles. The summed E-state index contributed by atoms with van der Waals surface area (Å²) in [6, 6.07) is 24.4. The molecule has 0 aliphatic rings. The van der Waals surface area contributed by atoms with Gasteiger partial charge in [-0.1, -0.05) is 70.0 Å².